The minimum atomic E-state index is -0.274. The molecule has 5 heteroatoms. The highest BCUT2D eigenvalue weighted by Crippen LogP contribution is 2.47. The number of hydrogen-bond donors (Lipinski definition) is 1. The summed E-state index contributed by atoms with van der Waals surface area (Å²) in [7, 11) is 0. The van der Waals surface area contributed by atoms with E-state index in [0.717, 1.165) is 77.0 Å². The summed E-state index contributed by atoms with van der Waals surface area (Å²) < 4.78 is 25.5. The van der Waals surface area contributed by atoms with E-state index >= 15 is 0 Å². The molecule has 4 nitrogen and oxygen atoms in total. The Morgan fingerprint density at radius 2 is 1.77 bits per heavy atom. The molecule has 1 aliphatic carbocycles. The van der Waals surface area contributed by atoms with Crippen LogP contribution < -0.4 is 5.32 Å². The number of halogens is 1. The Kier molecular flexibility index (Phi) is 5.61. The Morgan fingerprint density at radius 3 is 2.47 bits per heavy atom. The second-order valence-corrected chi connectivity index (χ2v) is 9.29. The van der Waals surface area contributed by atoms with Crippen molar-refractivity contribution in [2.75, 3.05) is 26.4 Å². The van der Waals surface area contributed by atoms with Gasteiger partial charge in [0.2, 0.25) is 0 Å². The molecule has 2 aromatic rings. The molecular formula is C25H31FN2O2. The molecule has 1 N–H and O–H groups in total. The Labute approximate surface area is 178 Å². The van der Waals surface area contributed by atoms with Gasteiger partial charge in [0.1, 0.15) is 5.82 Å². The van der Waals surface area contributed by atoms with Crippen LogP contribution in [-0.4, -0.2) is 43.0 Å². The molecule has 1 unspecified atom stereocenters. The van der Waals surface area contributed by atoms with Gasteiger partial charge in [0, 0.05) is 37.0 Å². The van der Waals surface area contributed by atoms with Gasteiger partial charge in [0.25, 0.3) is 0 Å². The standard InChI is InChI=1S/C25H31FN2O2/c26-21-5-6-23(28-17-21)24(8-14-30-25(18-24)9-12-29-13-10-25)7-11-27-22-15-19-3-1-2-4-20(19)16-22/h1-6,17,22,27H,7-16,18H2. The van der Waals surface area contributed by atoms with Gasteiger partial charge < -0.3 is 14.8 Å². The summed E-state index contributed by atoms with van der Waals surface area (Å²) in [5, 5.41) is 3.81. The second kappa shape index (κ2) is 8.37. The van der Waals surface area contributed by atoms with Crippen LogP contribution in [0.3, 0.4) is 0 Å². The van der Waals surface area contributed by atoms with Crippen molar-refractivity contribution < 1.29 is 13.9 Å². The van der Waals surface area contributed by atoms with Gasteiger partial charge in [-0.1, -0.05) is 24.3 Å². The Bertz CT molecular complexity index is 835. The summed E-state index contributed by atoms with van der Waals surface area (Å²) in [4.78, 5) is 4.55. The molecule has 160 valence electrons. The lowest BCUT2D eigenvalue weighted by molar-refractivity contribution is -0.154. The van der Waals surface area contributed by atoms with E-state index in [4.69, 9.17) is 9.47 Å². The lowest BCUT2D eigenvalue weighted by atomic mass is 9.66. The van der Waals surface area contributed by atoms with E-state index in [1.165, 1.54) is 17.3 Å². The van der Waals surface area contributed by atoms with Crippen molar-refractivity contribution in [3.8, 4) is 0 Å². The van der Waals surface area contributed by atoms with Crippen molar-refractivity contribution in [3.05, 3.63) is 65.2 Å². The van der Waals surface area contributed by atoms with Crippen LogP contribution in [0.15, 0.2) is 42.6 Å². The van der Waals surface area contributed by atoms with Crippen LogP contribution in [0, 0.1) is 5.82 Å². The lowest BCUT2D eigenvalue weighted by Crippen LogP contribution is -2.51. The van der Waals surface area contributed by atoms with Gasteiger partial charge in [0.05, 0.1) is 11.8 Å². The molecule has 0 saturated carbocycles. The van der Waals surface area contributed by atoms with Gasteiger partial charge in [-0.15, -0.1) is 0 Å². The highest BCUT2D eigenvalue weighted by molar-refractivity contribution is 5.33. The van der Waals surface area contributed by atoms with E-state index in [2.05, 4.69) is 34.6 Å². The van der Waals surface area contributed by atoms with Crippen molar-refractivity contribution in [2.45, 2.75) is 62.0 Å². The Hall–Kier alpha value is -1.82. The van der Waals surface area contributed by atoms with Gasteiger partial charge in [-0.05, 0) is 74.8 Å². The van der Waals surface area contributed by atoms with Crippen LogP contribution in [-0.2, 0) is 27.7 Å². The maximum atomic E-state index is 13.6. The lowest BCUT2D eigenvalue weighted by Gasteiger charge is -2.49. The number of nitrogens with zero attached hydrogens (tertiary/aromatic N) is 1. The van der Waals surface area contributed by atoms with Gasteiger partial charge in [-0.25, -0.2) is 4.39 Å². The fourth-order valence-corrected chi connectivity index (χ4v) is 5.75. The average molecular weight is 411 g/mol. The number of fused-ring (bicyclic) bond motifs is 1. The SMILES string of the molecule is Fc1ccc(C2(CCNC3Cc4ccccc4C3)CCOC3(CCOCC3)C2)nc1. The molecular weight excluding hydrogens is 379 g/mol. The molecule has 2 saturated heterocycles. The number of benzene rings is 1. The molecule has 0 bridgehead atoms. The predicted molar refractivity (Wildman–Crippen MR) is 114 cm³/mol. The first-order valence-corrected chi connectivity index (χ1v) is 11.3. The number of aromatic nitrogens is 1. The third kappa shape index (κ3) is 4.03. The highest BCUT2D eigenvalue weighted by Gasteiger charge is 2.48. The first-order chi connectivity index (χ1) is 14.7. The van der Waals surface area contributed by atoms with Crippen LogP contribution in [0.5, 0.6) is 0 Å². The monoisotopic (exact) mass is 410 g/mol. The van der Waals surface area contributed by atoms with Gasteiger partial charge in [-0.3, -0.25) is 4.98 Å². The topological polar surface area (TPSA) is 43.4 Å². The molecule has 2 aliphatic heterocycles. The maximum Gasteiger partial charge on any atom is 0.141 e. The van der Waals surface area contributed by atoms with Crippen molar-refractivity contribution in [2.24, 2.45) is 0 Å². The largest absolute Gasteiger partial charge is 0.381 e. The van der Waals surface area contributed by atoms with Gasteiger partial charge in [0.15, 0.2) is 0 Å². The molecule has 1 atom stereocenters. The smallest absolute Gasteiger partial charge is 0.141 e. The van der Waals surface area contributed by atoms with Crippen molar-refractivity contribution in [1.29, 1.82) is 0 Å². The van der Waals surface area contributed by atoms with Crippen LogP contribution in [0.25, 0.3) is 0 Å². The highest BCUT2D eigenvalue weighted by atomic mass is 19.1. The van der Waals surface area contributed by atoms with Crippen LogP contribution in [0.2, 0.25) is 0 Å². The summed E-state index contributed by atoms with van der Waals surface area (Å²) >= 11 is 0. The molecule has 5 rings (SSSR count). The van der Waals surface area contributed by atoms with E-state index in [1.54, 1.807) is 6.07 Å². The zero-order valence-corrected chi connectivity index (χ0v) is 17.5. The quantitative estimate of drug-likeness (QED) is 0.810. The molecule has 3 heterocycles. The molecule has 0 radical (unpaired) electrons. The summed E-state index contributed by atoms with van der Waals surface area (Å²) in [6.45, 7) is 3.18. The first-order valence-electron chi connectivity index (χ1n) is 11.3. The third-order valence-corrected chi connectivity index (χ3v) is 7.41. The molecule has 1 aromatic carbocycles. The molecule has 2 fully saturated rings. The zero-order chi connectivity index (χ0) is 20.4. The number of rotatable bonds is 5. The normalized spacial score (nSPS) is 26.0. The predicted octanol–water partition coefficient (Wildman–Crippen LogP) is 3.97. The van der Waals surface area contributed by atoms with E-state index in [9.17, 15) is 4.39 Å². The number of ether oxygens (including phenoxy) is 2. The molecule has 0 amide bonds. The molecule has 1 aromatic heterocycles. The zero-order valence-electron chi connectivity index (χ0n) is 17.5. The van der Waals surface area contributed by atoms with Crippen molar-refractivity contribution in [3.63, 3.8) is 0 Å². The number of hydrogen-bond acceptors (Lipinski definition) is 4. The fourth-order valence-electron chi connectivity index (χ4n) is 5.75. The maximum absolute atomic E-state index is 13.6. The summed E-state index contributed by atoms with van der Waals surface area (Å²) in [5.74, 6) is -0.274. The summed E-state index contributed by atoms with van der Waals surface area (Å²) in [6.07, 6.45) is 8.29. The first kappa shape index (κ1) is 20.1. The molecule has 1 spiro atoms. The molecule has 3 aliphatic rings. The van der Waals surface area contributed by atoms with Crippen molar-refractivity contribution in [1.82, 2.24) is 10.3 Å². The van der Waals surface area contributed by atoms with Crippen molar-refractivity contribution >= 4 is 0 Å². The van der Waals surface area contributed by atoms with Crippen LogP contribution >= 0.6 is 0 Å². The second-order valence-electron chi connectivity index (χ2n) is 9.29. The summed E-state index contributed by atoms with van der Waals surface area (Å²) in [5.41, 5.74) is 3.74. The van der Waals surface area contributed by atoms with Gasteiger partial charge in [-0.2, -0.15) is 0 Å². The minimum Gasteiger partial charge on any atom is -0.381 e. The van der Waals surface area contributed by atoms with E-state index in [1.807, 2.05) is 6.07 Å². The van der Waals surface area contributed by atoms with Crippen LogP contribution in [0.1, 0.15) is 48.9 Å². The fraction of sp³-hybridized carbons (Fsp3) is 0.560. The van der Waals surface area contributed by atoms with E-state index in [0.29, 0.717) is 6.04 Å². The summed E-state index contributed by atoms with van der Waals surface area (Å²) in [6, 6.07) is 12.7. The Morgan fingerprint density at radius 1 is 1.00 bits per heavy atom. The van der Waals surface area contributed by atoms with E-state index < -0.39 is 0 Å². The third-order valence-electron chi connectivity index (χ3n) is 7.41. The molecule has 30 heavy (non-hydrogen) atoms. The number of nitrogens with one attached hydrogen (secondary N) is 1. The Balaban J connectivity index is 1.31. The minimum absolute atomic E-state index is 0.0816. The average Bonchev–Trinajstić information content (AvgIpc) is 3.18. The van der Waals surface area contributed by atoms with Gasteiger partial charge >= 0.3 is 0 Å². The number of pyridine rings is 1. The van der Waals surface area contributed by atoms with Crippen LogP contribution in [0.4, 0.5) is 4.39 Å². The van der Waals surface area contributed by atoms with E-state index in [-0.39, 0.29) is 16.8 Å².